The summed E-state index contributed by atoms with van der Waals surface area (Å²) < 4.78 is 46.4. The van der Waals surface area contributed by atoms with Crippen LogP contribution in [0.1, 0.15) is 51.4 Å². The van der Waals surface area contributed by atoms with Gasteiger partial charge in [-0.2, -0.15) is 0 Å². The number of aliphatic hydroxyl groups is 1. The molecule has 1 amide bonds. The van der Waals surface area contributed by atoms with E-state index in [4.69, 9.17) is 4.74 Å². The van der Waals surface area contributed by atoms with Gasteiger partial charge < -0.3 is 15.2 Å². The Morgan fingerprint density at radius 2 is 1.79 bits per heavy atom. The first-order valence-corrected chi connectivity index (χ1v) is 11.7. The van der Waals surface area contributed by atoms with Gasteiger partial charge in [-0.3, -0.25) is 4.79 Å². The number of halogens is 1. The predicted molar refractivity (Wildman–Crippen MR) is 105 cm³/mol. The van der Waals surface area contributed by atoms with E-state index < -0.39 is 28.0 Å². The molecule has 1 aromatic carbocycles. The van der Waals surface area contributed by atoms with Gasteiger partial charge in [0.25, 0.3) is 0 Å². The highest BCUT2D eigenvalue weighted by molar-refractivity contribution is 7.89. The molecule has 2 fully saturated rings. The summed E-state index contributed by atoms with van der Waals surface area (Å²) in [5.74, 6) is -0.587. The zero-order valence-electron chi connectivity index (χ0n) is 16.3. The lowest BCUT2D eigenvalue weighted by Gasteiger charge is -2.36. The largest absolute Gasteiger partial charge is 0.394 e. The maximum Gasteiger partial charge on any atom is 0.240 e. The SMILES string of the molecule is O=C(C[C@H]1CC[C@@H](NS(=O)(=O)c2ccc(F)cc2)[C@@H](CO)O1)NC1CCCCC1. The quantitative estimate of drug-likeness (QED) is 0.615. The van der Waals surface area contributed by atoms with Crippen molar-refractivity contribution in [2.45, 2.75) is 80.6 Å². The summed E-state index contributed by atoms with van der Waals surface area (Å²) in [7, 11) is -3.87. The highest BCUT2D eigenvalue weighted by atomic mass is 32.2. The second-order valence-electron chi connectivity index (χ2n) is 7.84. The average Bonchev–Trinajstić information content (AvgIpc) is 2.70. The maximum atomic E-state index is 13.0. The van der Waals surface area contributed by atoms with Gasteiger partial charge in [0.15, 0.2) is 0 Å². The Kier molecular flexibility index (Phi) is 7.61. The molecule has 3 atom stereocenters. The lowest BCUT2D eigenvalue weighted by molar-refractivity contribution is -0.131. The van der Waals surface area contributed by atoms with Gasteiger partial charge in [0.2, 0.25) is 15.9 Å². The van der Waals surface area contributed by atoms with E-state index in [0.29, 0.717) is 12.8 Å². The van der Waals surface area contributed by atoms with Crippen LogP contribution in [-0.2, 0) is 19.6 Å². The van der Waals surface area contributed by atoms with E-state index in [2.05, 4.69) is 10.0 Å². The van der Waals surface area contributed by atoms with E-state index >= 15 is 0 Å². The second-order valence-corrected chi connectivity index (χ2v) is 9.56. The molecule has 3 N–H and O–H groups in total. The van der Waals surface area contributed by atoms with Gasteiger partial charge in [-0.1, -0.05) is 19.3 Å². The van der Waals surface area contributed by atoms with Crippen molar-refractivity contribution < 1.29 is 27.4 Å². The number of nitrogens with one attached hydrogen (secondary N) is 2. The number of hydrogen-bond acceptors (Lipinski definition) is 5. The Bertz CT molecular complexity index is 781. The number of hydrogen-bond donors (Lipinski definition) is 3. The van der Waals surface area contributed by atoms with Gasteiger partial charge in [0, 0.05) is 6.04 Å². The van der Waals surface area contributed by atoms with E-state index in [-0.39, 0.29) is 36.0 Å². The van der Waals surface area contributed by atoms with Gasteiger partial charge in [-0.25, -0.2) is 17.5 Å². The van der Waals surface area contributed by atoms with Gasteiger partial charge in [-0.15, -0.1) is 0 Å². The summed E-state index contributed by atoms with van der Waals surface area (Å²) in [6.07, 6.45) is 5.52. The zero-order valence-corrected chi connectivity index (χ0v) is 17.2. The third kappa shape index (κ3) is 6.21. The molecule has 162 valence electrons. The zero-order chi connectivity index (χ0) is 20.9. The van der Waals surface area contributed by atoms with Crippen molar-refractivity contribution in [1.29, 1.82) is 0 Å². The van der Waals surface area contributed by atoms with Crippen LogP contribution < -0.4 is 10.0 Å². The number of ether oxygens (including phenoxy) is 1. The highest BCUT2D eigenvalue weighted by Crippen LogP contribution is 2.24. The Morgan fingerprint density at radius 1 is 1.10 bits per heavy atom. The second kappa shape index (κ2) is 9.97. The molecule has 0 spiro atoms. The highest BCUT2D eigenvalue weighted by Gasteiger charge is 2.35. The Labute approximate surface area is 171 Å². The lowest BCUT2D eigenvalue weighted by atomic mass is 9.94. The number of carbonyl (C=O) groups excluding carboxylic acids is 1. The summed E-state index contributed by atoms with van der Waals surface area (Å²) in [6, 6.07) is 4.14. The first-order valence-electron chi connectivity index (χ1n) is 10.2. The molecule has 2 aliphatic rings. The topological polar surface area (TPSA) is 105 Å². The summed E-state index contributed by atoms with van der Waals surface area (Å²) in [6.45, 7) is -0.364. The van der Waals surface area contributed by atoms with Crippen LogP contribution in [0.15, 0.2) is 29.2 Å². The van der Waals surface area contributed by atoms with Crippen molar-refractivity contribution in [3.63, 3.8) is 0 Å². The van der Waals surface area contributed by atoms with Crippen LogP contribution in [0, 0.1) is 5.82 Å². The third-order valence-electron chi connectivity index (χ3n) is 5.61. The number of aliphatic hydroxyl groups excluding tert-OH is 1. The number of sulfonamides is 1. The minimum atomic E-state index is -3.87. The molecule has 1 aliphatic carbocycles. The summed E-state index contributed by atoms with van der Waals surface area (Å²) >= 11 is 0. The number of rotatable bonds is 7. The lowest BCUT2D eigenvalue weighted by Crippen LogP contribution is -2.51. The van der Waals surface area contributed by atoms with Crippen LogP contribution in [0.3, 0.4) is 0 Å². The van der Waals surface area contributed by atoms with E-state index in [1.165, 1.54) is 18.6 Å². The van der Waals surface area contributed by atoms with E-state index in [0.717, 1.165) is 37.8 Å². The predicted octanol–water partition coefficient (Wildman–Crippen LogP) is 1.85. The van der Waals surface area contributed by atoms with Crippen molar-refractivity contribution in [3.8, 4) is 0 Å². The molecule has 7 nitrogen and oxygen atoms in total. The Balaban J connectivity index is 1.53. The van der Waals surface area contributed by atoms with Gasteiger partial charge >= 0.3 is 0 Å². The van der Waals surface area contributed by atoms with Crippen molar-refractivity contribution in [2.75, 3.05) is 6.61 Å². The fourth-order valence-electron chi connectivity index (χ4n) is 4.04. The number of carbonyl (C=O) groups is 1. The van der Waals surface area contributed by atoms with Crippen LogP contribution >= 0.6 is 0 Å². The van der Waals surface area contributed by atoms with Gasteiger partial charge in [-0.05, 0) is 49.9 Å². The molecule has 0 unspecified atom stereocenters. The molecule has 1 saturated heterocycles. The minimum Gasteiger partial charge on any atom is -0.394 e. The van der Waals surface area contributed by atoms with Crippen LogP contribution in [0.4, 0.5) is 4.39 Å². The summed E-state index contributed by atoms with van der Waals surface area (Å²) in [5.41, 5.74) is 0. The number of amides is 1. The van der Waals surface area contributed by atoms with Crippen LogP contribution in [0.5, 0.6) is 0 Å². The Morgan fingerprint density at radius 3 is 2.45 bits per heavy atom. The number of benzene rings is 1. The standard InChI is InChI=1S/C20H29FN2O5S/c21-14-6-9-17(10-7-14)29(26,27)23-18-11-8-16(28-19(18)13-24)12-20(25)22-15-4-2-1-3-5-15/h6-7,9-10,15-16,18-19,23-24H,1-5,8,11-13H2,(H,22,25)/t16-,18-,19-/m1/s1. The minimum absolute atomic E-state index is 0.0513. The van der Waals surface area contributed by atoms with Gasteiger partial charge in [0.1, 0.15) is 5.82 Å². The molecule has 3 rings (SSSR count). The molecule has 1 saturated carbocycles. The molecule has 1 aromatic rings. The fourth-order valence-corrected chi connectivity index (χ4v) is 5.34. The third-order valence-corrected chi connectivity index (χ3v) is 7.12. The molecule has 1 aliphatic heterocycles. The van der Waals surface area contributed by atoms with Crippen molar-refractivity contribution in [1.82, 2.24) is 10.0 Å². The molecule has 1 heterocycles. The molecule has 0 aromatic heterocycles. The van der Waals surface area contributed by atoms with E-state index in [1.54, 1.807) is 0 Å². The van der Waals surface area contributed by atoms with Crippen molar-refractivity contribution in [3.05, 3.63) is 30.1 Å². The summed E-state index contributed by atoms with van der Waals surface area (Å²) in [4.78, 5) is 12.3. The van der Waals surface area contributed by atoms with Crippen LogP contribution in [0.25, 0.3) is 0 Å². The monoisotopic (exact) mass is 428 g/mol. The first-order chi connectivity index (χ1) is 13.9. The van der Waals surface area contributed by atoms with E-state index in [1.807, 2.05) is 0 Å². The first kappa shape index (κ1) is 22.1. The Hall–Kier alpha value is -1.55. The molecular weight excluding hydrogens is 399 g/mol. The van der Waals surface area contributed by atoms with Crippen LogP contribution in [-0.4, -0.2) is 50.3 Å². The average molecular weight is 429 g/mol. The van der Waals surface area contributed by atoms with E-state index in [9.17, 15) is 22.7 Å². The van der Waals surface area contributed by atoms with Crippen LogP contribution in [0.2, 0.25) is 0 Å². The molecule has 0 bridgehead atoms. The molecule has 29 heavy (non-hydrogen) atoms. The normalized spacial score (nSPS) is 26.2. The molecule has 0 radical (unpaired) electrons. The smallest absolute Gasteiger partial charge is 0.240 e. The van der Waals surface area contributed by atoms with Crippen molar-refractivity contribution in [2.24, 2.45) is 0 Å². The molecule has 9 heteroatoms. The van der Waals surface area contributed by atoms with Gasteiger partial charge in [0.05, 0.1) is 36.2 Å². The maximum absolute atomic E-state index is 13.0. The summed E-state index contributed by atoms with van der Waals surface area (Å²) in [5, 5.41) is 12.7. The van der Waals surface area contributed by atoms with Crippen molar-refractivity contribution >= 4 is 15.9 Å². The molecular formula is C20H29FN2O5S. The fraction of sp³-hybridized carbons (Fsp3) is 0.650.